The summed E-state index contributed by atoms with van der Waals surface area (Å²) in [4.78, 5) is 26.8. The Balaban J connectivity index is 1.35. The molecule has 3 heterocycles. The summed E-state index contributed by atoms with van der Waals surface area (Å²) >= 11 is 7.19. The number of amides is 2. The van der Waals surface area contributed by atoms with Gasteiger partial charge in [-0.05, 0) is 62.4 Å². The Kier molecular flexibility index (Phi) is 7.16. The third-order valence-electron chi connectivity index (χ3n) is 6.13. The van der Waals surface area contributed by atoms with Crippen LogP contribution >= 0.6 is 24.0 Å². The Morgan fingerprint density at radius 3 is 2.49 bits per heavy atom. The maximum absolute atomic E-state index is 13.4. The van der Waals surface area contributed by atoms with Gasteiger partial charge in [0.25, 0.3) is 5.91 Å². The van der Waals surface area contributed by atoms with E-state index in [1.165, 1.54) is 11.8 Å². The van der Waals surface area contributed by atoms with Gasteiger partial charge in [0.15, 0.2) is 0 Å². The number of nitrogens with zero attached hydrogens (tertiary/aromatic N) is 1. The number of rotatable bonds is 8. The van der Waals surface area contributed by atoms with Crippen molar-refractivity contribution in [3.05, 3.63) is 100 Å². The highest BCUT2D eigenvalue weighted by atomic mass is 32.2. The van der Waals surface area contributed by atoms with E-state index in [9.17, 15) is 9.59 Å². The fourth-order valence-corrected chi connectivity index (χ4v) is 5.92. The number of benzene rings is 2. The van der Waals surface area contributed by atoms with Crippen LogP contribution in [-0.4, -0.2) is 33.7 Å². The number of aromatic nitrogens is 1. The molecular formula is C28H26N4O3S2. The number of nitrogens with one attached hydrogen (secondary N) is 3. The van der Waals surface area contributed by atoms with Crippen molar-refractivity contribution in [1.29, 1.82) is 0 Å². The number of thioether (sulfide) groups is 1. The summed E-state index contributed by atoms with van der Waals surface area (Å²) in [5.74, 6) is 0.297. The normalized spacial score (nSPS) is 16.2. The van der Waals surface area contributed by atoms with Crippen LogP contribution in [0.4, 0.5) is 11.4 Å². The van der Waals surface area contributed by atoms with Crippen molar-refractivity contribution >= 4 is 52.2 Å². The molecule has 1 unspecified atom stereocenters. The van der Waals surface area contributed by atoms with Crippen molar-refractivity contribution in [2.75, 3.05) is 23.0 Å². The van der Waals surface area contributed by atoms with E-state index < -0.39 is 0 Å². The van der Waals surface area contributed by atoms with Gasteiger partial charge in [-0.15, -0.1) is 0 Å². The van der Waals surface area contributed by atoms with E-state index >= 15 is 0 Å². The van der Waals surface area contributed by atoms with Gasteiger partial charge in [-0.25, -0.2) is 0 Å². The number of carbonyl (C=O) groups excluding carboxylic acids is 2. The standard InChI is InChI=1S/C28H26N4O3S2/c1-3-35-20-13-11-19(12-14-20)30-22(33)16-37-27-25-24(21-10-7-15-32(21)28(25)36)23(17(2)29-27)26(34)31-18-8-5-4-6-9-18/h4-15,24,29H,3,16H2,1-2H3,(H,30,33)(H,31,34). The Bertz CT molecular complexity index is 1430. The van der Waals surface area contributed by atoms with Crippen LogP contribution in [0.25, 0.3) is 0 Å². The van der Waals surface area contributed by atoms with Crippen LogP contribution in [0.1, 0.15) is 25.5 Å². The van der Waals surface area contributed by atoms with Crippen LogP contribution in [0, 0.1) is 0 Å². The number of dihydropyridines is 1. The molecule has 0 saturated heterocycles. The molecule has 3 N–H and O–H groups in total. The second-order valence-corrected chi connectivity index (χ2v) is 9.93. The van der Waals surface area contributed by atoms with Crippen LogP contribution < -0.4 is 20.7 Å². The van der Waals surface area contributed by atoms with E-state index in [1.54, 1.807) is 0 Å². The zero-order valence-corrected chi connectivity index (χ0v) is 22.0. The largest absolute Gasteiger partial charge is 0.494 e. The highest BCUT2D eigenvalue weighted by Crippen LogP contribution is 2.46. The predicted octanol–water partition coefficient (Wildman–Crippen LogP) is 5.26. The van der Waals surface area contributed by atoms with Gasteiger partial charge in [-0.3, -0.25) is 9.59 Å². The SMILES string of the molecule is CCOc1ccc(NC(=O)CSC2=C3C(=S)n4cccc4C3C(C(=O)Nc3ccccc3)=C(C)N2)cc1. The van der Waals surface area contributed by atoms with Crippen molar-refractivity contribution in [1.82, 2.24) is 9.88 Å². The number of hydrogen-bond donors (Lipinski definition) is 3. The topological polar surface area (TPSA) is 84.4 Å². The van der Waals surface area contributed by atoms with Gasteiger partial charge < -0.3 is 25.3 Å². The maximum atomic E-state index is 13.4. The van der Waals surface area contributed by atoms with Gasteiger partial charge >= 0.3 is 0 Å². The fourth-order valence-electron chi connectivity index (χ4n) is 4.53. The molecule has 0 bridgehead atoms. The average Bonchev–Trinajstić information content (AvgIpc) is 3.47. The number of fused-ring (bicyclic) bond motifs is 3. The third kappa shape index (κ3) is 5.05. The van der Waals surface area contributed by atoms with Gasteiger partial charge in [0, 0.05) is 40.1 Å². The molecule has 2 amide bonds. The first-order valence-corrected chi connectivity index (χ1v) is 13.3. The van der Waals surface area contributed by atoms with E-state index in [-0.39, 0.29) is 23.5 Å². The first kappa shape index (κ1) is 24.9. The quantitative estimate of drug-likeness (QED) is 0.345. The van der Waals surface area contributed by atoms with Crippen LogP contribution in [0.2, 0.25) is 0 Å². The maximum Gasteiger partial charge on any atom is 0.254 e. The number of thiocarbonyl (C=S) groups is 1. The molecule has 0 radical (unpaired) electrons. The zero-order valence-electron chi connectivity index (χ0n) is 20.4. The lowest BCUT2D eigenvalue weighted by Gasteiger charge is -2.28. The highest BCUT2D eigenvalue weighted by molar-refractivity contribution is 8.03. The number of allylic oxidation sites excluding steroid dienone is 2. The summed E-state index contributed by atoms with van der Waals surface area (Å²) < 4.78 is 7.39. The molecule has 188 valence electrons. The molecule has 2 aromatic carbocycles. The third-order valence-corrected chi connectivity index (χ3v) is 7.56. The number of para-hydroxylation sites is 1. The van der Waals surface area contributed by atoms with Gasteiger partial charge in [0.2, 0.25) is 5.91 Å². The molecule has 1 atom stereocenters. The molecule has 2 aliphatic heterocycles. The van der Waals surface area contributed by atoms with E-state index in [1.807, 2.05) is 91.3 Å². The Morgan fingerprint density at radius 2 is 1.76 bits per heavy atom. The van der Waals surface area contributed by atoms with Crippen molar-refractivity contribution in [3.8, 4) is 5.75 Å². The predicted molar refractivity (Wildman–Crippen MR) is 152 cm³/mol. The summed E-state index contributed by atoms with van der Waals surface area (Å²) in [7, 11) is 0. The summed E-state index contributed by atoms with van der Waals surface area (Å²) in [6.45, 7) is 4.39. The minimum absolute atomic E-state index is 0.140. The monoisotopic (exact) mass is 530 g/mol. The number of ether oxygens (including phenoxy) is 1. The smallest absolute Gasteiger partial charge is 0.254 e. The van der Waals surface area contributed by atoms with Crippen molar-refractivity contribution < 1.29 is 14.3 Å². The first-order chi connectivity index (χ1) is 18.0. The van der Waals surface area contributed by atoms with E-state index in [0.717, 1.165) is 33.4 Å². The molecule has 7 nitrogen and oxygen atoms in total. The Hall–Kier alpha value is -3.82. The van der Waals surface area contributed by atoms with Gasteiger partial charge in [0.05, 0.1) is 23.3 Å². The molecule has 0 spiro atoms. The fraction of sp³-hybridized carbons (Fsp3) is 0.179. The lowest BCUT2D eigenvalue weighted by molar-refractivity contribution is -0.114. The Labute approximate surface area is 225 Å². The minimum Gasteiger partial charge on any atom is -0.494 e. The molecular weight excluding hydrogens is 504 g/mol. The molecule has 5 rings (SSSR count). The molecule has 1 aromatic heterocycles. The van der Waals surface area contributed by atoms with Crippen molar-refractivity contribution in [3.63, 3.8) is 0 Å². The van der Waals surface area contributed by atoms with Crippen LogP contribution in [0.3, 0.4) is 0 Å². The molecule has 37 heavy (non-hydrogen) atoms. The summed E-state index contributed by atoms with van der Waals surface area (Å²) in [5.41, 5.74) is 4.55. The number of hydrogen-bond acceptors (Lipinski definition) is 6. The summed E-state index contributed by atoms with van der Waals surface area (Å²) in [5, 5.41) is 10.1. The average molecular weight is 531 g/mol. The molecule has 0 fully saturated rings. The lowest BCUT2D eigenvalue weighted by Crippen LogP contribution is -2.30. The Morgan fingerprint density at radius 1 is 1.03 bits per heavy atom. The lowest BCUT2D eigenvalue weighted by atomic mass is 9.86. The zero-order chi connectivity index (χ0) is 25.9. The molecule has 0 saturated carbocycles. The molecule has 2 aliphatic rings. The van der Waals surface area contributed by atoms with Crippen molar-refractivity contribution in [2.45, 2.75) is 19.8 Å². The first-order valence-electron chi connectivity index (χ1n) is 11.9. The summed E-state index contributed by atoms with van der Waals surface area (Å²) in [6.07, 6.45) is 1.91. The van der Waals surface area contributed by atoms with Crippen LogP contribution in [0.15, 0.2) is 94.8 Å². The summed E-state index contributed by atoms with van der Waals surface area (Å²) in [6, 6.07) is 20.6. The highest BCUT2D eigenvalue weighted by Gasteiger charge is 2.42. The minimum atomic E-state index is -0.316. The number of carbonyl (C=O) groups is 2. The van der Waals surface area contributed by atoms with Gasteiger partial charge in [-0.1, -0.05) is 42.2 Å². The van der Waals surface area contributed by atoms with E-state index in [0.29, 0.717) is 22.9 Å². The van der Waals surface area contributed by atoms with Crippen LogP contribution in [0.5, 0.6) is 5.75 Å². The van der Waals surface area contributed by atoms with E-state index in [2.05, 4.69) is 16.0 Å². The molecule has 9 heteroatoms. The van der Waals surface area contributed by atoms with Gasteiger partial charge in [-0.2, -0.15) is 0 Å². The van der Waals surface area contributed by atoms with Gasteiger partial charge in [0.1, 0.15) is 10.7 Å². The van der Waals surface area contributed by atoms with E-state index in [4.69, 9.17) is 17.0 Å². The second-order valence-electron chi connectivity index (χ2n) is 8.56. The molecule has 0 aliphatic carbocycles. The molecule has 3 aromatic rings. The number of anilines is 2. The second kappa shape index (κ2) is 10.7. The van der Waals surface area contributed by atoms with Crippen LogP contribution in [-0.2, 0) is 9.59 Å². The van der Waals surface area contributed by atoms with Crippen molar-refractivity contribution in [2.24, 2.45) is 0 Å².